The van der Waals surface area contributed by atoms with Gasteiger partial charge in [-0.15, -0.1) is 0 Å². The van der Waals surface area contributed by atoms with Gasteiger partial charge in [0.2, 0.25) is 0 Å². The van der Waals surface area contributed by atoms with Gasteiger partial charge in [-0.1, -0.05) is 40.3 Å². The molecule has 11 heavy (non-hydrogen) atoms. The van der Waals surface area contributed by atoms with Crippen molar-refractivity contribution in [3.05, 3.63) is 0 Å². The molecule has 0 amide bonds. The fraction of sp³-hybridized carbons (Fsp3) is 1.00. The normalized spacial score (nSPS) is 36.5. The highest BCUT2D eigenvalue weighted by atomic mass is 14.5. The molecule has 2 atom stereocenters. The molecule has 0 N–H and O–H groups in total. The van der Waals surface area contributed by atoms with Crippen LogP contribution in [0.25, 0.3) is 0 Å². The highest BCUT2D eigenvalue weighted by Gasteiger charge is 2.50. The van der Waals surface area contributed by atoms with Gasteiger partial charge >= 0.3 is 0 Å². The van der Waals surface area contributed by atoms with Crippen LogP contribution in [-0.4, -0.2) is 7.28 Å². The minimum atomic E-state index is 0.878. The Hall–Kier alpha value is 0.0649. The van der Waals surface area contributed by atoms with E-state index in [9.17, 15) is 0 Å². The van der Waals surface area contributed by atoms with Crippen LogP contribution in [0.4, 0.5) is 0 Å². The third-order valence-electron chi connectivity index (χ3n) is 3.12. The number of hydrogen-bond acceptors (Lipinski definition) is 0. The second-order valence-electron chi connectivity index (χ2n) is 4.55. The molecule has 0 heterocycles. The minimum Gasteiger partial charge on any atom is -0.0917 e. The fourth-order valence-electron chi connectivity index (χ4n) is 2.61. The zero-order chi connectivity index (χ0) is 8.59. The molecule has 2 unspecified atom stereocenters. The van der Waals surface area contributed by atoms with Gasteiger partial charge in [-0.05, 0) is 23.7 Å². The van der Waals surface area contributed by atoms with E-state index in [1.54, 1.807) is 0 Å². The highest BCUT2D eigenvalue weighted by Crippen LogP contribution is 2.59. The molecule has 0 aromatic heterocycles. The van der Waals surface area contributed by atoms with Crippen molar-refractivity contribution < 1.29 is 0 Å². The van der Waals surface area contributed by atoms with Crippen LogP contribution in [0.1, 0.15) is 27.7 Å². The van der Waals surface area contributed by atoms with Gasteiger partial charge in [0.25, 0.3) is 0 Å². The van der Waals surface area contributed by atoms with Gasteiger partial charge in [-0.2, -0.15) is 0 Å². The first-order valence-electron chi connectivity index (χ1n) is 4.89. The summed E-state index contributed by atoms with van der Waals surface area (Å²) >= 11 is 0. The molecule has 1 fully saturated rings. The molecule has 0 aromatic rings. The summed E-state index contributed by atoms with van der Waals surface area (Å²) in [5.41, 5.74) is 0. The Morgan fingerprint density at radius 2 is 1.27 bits per heavy atom. The second kappa shape index (κ2) is 3.20. The van der Waals surface area contributed by atoms with Gasteiger partial charge in [0.15, 0.2) is 0 Å². The number of rotatable bonds is 3. The van der Waals surface area contributed by atoms with Crippen molar-refractivity contribution in [3.63, 3.8) is 0 Å². The molecule has 0 saturated heterocycles. The molecule has 0 spiro atoms. The van der Waals surface area contributed by atoms with Crippen molar-refractivity contribution in [2.24, 2.45) is 23.7 Å². The van der Waals surface area contributed by atoms with Crippen LogP contribution in [-0.2, 0) is 0 Å². The maximum absolute atomic E-state index is 2.40. The van der Waals surface area contributed by atoms with Gasteiger partial charge in [0, 0.05) is 0 Å². The van der Waals surface area contributed by atoms with Crippen LogP contribution in [0.2, 0.25) is 12.6 Å². The van der Waals surface area contributed by atoms with Crippen molar-refractivity contribution in [2.45, 2.75) is 40.3 Å². The monoisotopic (exact) mass is 151 g/mol. The average molecular weight is 151 g/mol. The highest BCUT2D eigenvalue weighted by molar-refractivity contribution is 6.37. The second-order valence-corrected chi connectivity index (χ2v) is 4.55. The summed E-state index contributed by atoms with van der Waals surface area (Å²) < 4.78 is 0. The van der Waals surface area contributed by atoms with E-state index >= 15 is 0 Å². The van der Waals surface area contributed by atoms with E-state index in [4.69, 9.17) is 0 Å². The van der Waals surface area contributed by atoms with Crippen LogP contribution in [0.15, 0.2) is 0 Å². The van der Waals surface area contributed by atoms with E-state index in [1.165, 1.54) is 0 Å². The summed E-state index contributed by atoms with van der Waals surface area (Å²) in [6.45, 7) is 11.6. The van der Waals surface area contributed by atoms with Crippen molar-refractivity contribution >= 4 is 7.28 Å². The van der Waals surface area contributed by atoms with Gasteiger partial charge in [-0.3, -0.25) is 0 Å². The molecule has 0 bridgehead atoms. The van der Waals surface area contributed by atoms with E-state index in [1.807, 2.05) is 0 Å². The van der Waals surface area contributed by atoms with Crippen molar-refractivity contribution in [2.75, 3.05) is 0 Å². The fourth-order valence-corrected chi connectivity index (χ4v) is 2.61. The summed E-state index contributed by atoms with van der Waals surface area (Å²) in [4.78, 5) is 0. The first-order chi connectivity index (χ1) is 5.09. The minimum absolute atomic E-state index is 0.878. The van der Waals surface area contributed by atoms with E-state index < -0.39 is 0 Å². The Morgan fingerprint density at radius 1 is 0.909 bits per heavy atom. The molecule has 0 aromatic carbocycles. The first kappa shape index (κ1) is 9.16. The van der Waals surface area contributed by atoms with Crippen molar-refractivity contribution in [1.29, 1.82) is 0 Å². The molecule has 0 nitrogen and oxygen atoms in total. The summed E-state index contributed by atoms with van der Waals surface area (Å²) in [7, 11) is 2.40. The largest absolute Gasteiger partial charge is 0.110 e. The topological polar surface area (TPSA) is 0 Å². The third-order valence-corrected chi connectivity index (χ3v) is 3.12. The lowest BCUT2D eigenvalue weighted by atomic mass is 9.72. The average Bonchev–Trinajstić information content (AvgIpc) is 2.59. The van der Waals surface area contributed by atoms with Crippen LogP contribution in [0.5, 0.6) is 0 Å². The molecule has 0 aliphatic heterocycles. The summed E-state index contributed by atoms with van der Waals surface area (Å²) in [5, 5.41) is 0. The standard InChI is InChI=1S/C10H20B/c1-6(2)8-9(7(3)4)10(8)11-5/h6-10H,1-5H3. The Balaban J connectivity index is 2.46. The maximum atomic E-state index is 2.40. The van der Waals surface area contributed by atoms with Gasteiger partial charge in [0.1, 0.15) is 7.28 Å². The molecule has 1 radical (unpaired) electrons. The van der Waals surface area contributed by atoms with Crippen LogP contribution in [0, 0.1) is 23.7 Å². The molecule has 1 saturated carbocycles. The van der Waals surface area contributed by atoms with Crippen LogP contribution >= 0.6 is 0 Å². The lowest BCUT2D eigenvalue weighted by Crippen LogP contribution is -1.97. The van der Waals surface area contributed by atoms with Gasteiger partial charge < -0.3 is 0 Å². The molecule has 1 rings (SSSR count). The summed E-state index contributed by atoms with van der Waals surface area (Å²) in [5.74, 6) is 4.65. The summed E-state index contributed by atoms with van der Waals surface area (Å²) in [6.07, 6.45) is 0. The lowest BCUT2D eigenvalue weighted by Gasteiger charge is -2.05. The van der Waals surface area contributed by atoms with Crippen molar-refractivity contribution in [1.82, 2.24) is 0 Å². The maximum Gasteiger partial charge on any atom is 0.110 e. The molecule has 63 valence electrons. The zero-order valence-corrected chi connectivity index (χ0v) is 8.46. The van der Waals surface area contributed by atoms with E-state index in [0.29, 0.717) is 0 Å². The third kappa shape index (κ3) is 1.63. The molecular weight excluding hydrogens is 131 g/mol. The first-order valence-corrected chi connectivity index (χ1v) is 4.89. The SMILES string of the molecule is C[B]C1C(C(C)C)C1C(C)C. The molecular formula is C10H20B. The quantitative estimate of drug-likeness (QED) is 0.543. The van der Waals surface area contributed by atoms with Crippen LogP contribution in [0.3, 0.4) is 0 Å². The van der Waals surface area contributed by atoms with E-state index in [2.05, 4.69) is 41.8 Å². The Morgan fingerprint density at radius 3 is 1.36 bits per heavy atom. The van der Waals surface area contributed by atoms with Crippen LogP contribution < -0.4 is 0 Å². The molecule has 1 aliphatic carbocycles. The predicted molar refractivity (Wildman–Crippen MR) is 52.0 cm³/mol. The zero-order valence-electron chi connectivity index (χ0n) is 8.46. The van der Waals surface area contributed by atoms with Crippen molar-refractivity contribution in [3.8, 4) is 0 Å². The van der Waals surface area contributed by atoms with Gasteiger partial charge in [-0.25, -0.2) is 0 Å². The van der Waals surface area contributed by atoms with E-state index in [0.717, 1.165) is 29.5 Å². The molecule has 1 heteroatoms. The van der Waals surface area contributed by atoms with E-state index in [-0.39, 0.29) is 0 Å². The Labute approximate surface area is 72.0 Å². The predicted octanol–water partition coefficient (Wildman–Crippen LogP) is 3.09. The molecule has 1 aliphatic rings. The van der Waals surface area contributed by atoms with Gasteiger partial charge in [0.05, 0.1) is 0 Å². The Kier molecular flexibility index (Phi) is 2.67. The Bertz CT molecular complexity index is 115. The number of hydrogen-bond donors (Lipinski definition) is 0. The summed E-state index contributed by atoms with van der Waals surface area (Å²) in [6, 6.07) is 0. The lowest BCUT2D eigenvalue weighted by molar-refractivity contribution is 0.448. The smallest absolute Gasteiger partial charge is 0.0917 e.